The Labute approximate surface area is 78.6 Å². The summed E-state index contributed by atoms with van der Waals surface area (Å²) in [6, 6.07) is 1.21. The maximum absolute atomic E-state index is 10.9. The number of hydroxylamine groups is 1. The SMILES string of the molecule is CONC(=O)Cn1ccc([N+](=O)[O-])n1. The van der Waals surface area contributed by atoms with E-state index in [0.29, 0.717) is 0 Å². The lowest BCUT2D eigenvalue weighted by Crippen LogP contribution is -2.26. The number of carbonyl (C=O) groups excluding carboxylic acids is 1. The van der Waals surface area contributed by atoms with Gasteiger partial charge in [-0.3, -0.25) is 9.63 Å². The molecule has 0 bridgehead atoms. The summed E-state index contributed by atoms with van der Waals surface area (Å²) >= 11 is 0. The summed E-state index contributed by atoms with van der Waals surface area (Å²) in [7, 11) is 1.30. The molecule has 1 amide bonds. The summed E-state index contributed by atoms with van der Waals surface area (Å²) in [6.45, 7) is -0.123. The largest absolute Gasteiger partial charge is 0.389 e. The number of hydrogen-bond donors (Lipinski definition) is 1. The van der Waals surface area contributed by atoms with E-state index in [1.165, 1.54) is 19.4 Å². The molecule has 0 aromatic carbocycles. The van der Waals surface area contributed by atoms with Gasteiger partial charge in [0.1, 0.15) is 6.54 Å². The Morgan fingerprint density at radius 2 is 2.57 bits per heavy atom. The molecule has 1 N–H and O–H groups in total. The molecule has 1 heterocycles. The van der Waals surface area contributed by atoms with Crippen LogP contribution in [0.5, 0.6) is 0 Å². The van der Waals surface area contributed by atoms with Crippen LogP contribution in [-0.4, -0.2) is 27.7 Å². The zero-order valence-electron chi connectivity index (χ0n) is 7.34. The Kier molecular flexibility index (Phi) is 3.13. The number of nitrogens with zero attached hydrogens (tertiary/aromatic N) is 3. The van der Waals surface area contributed by atoms with Gasteiger partial charge < -0.3 is 10.1 Å². The van der Waals surface area contributed by atoms with E-state index >= 15 is 0 Å². The predicted molar refractivity (Wildman–Crippen MR) is 44.0 cm³/mol. The minimum Gasteiger partial charge on any atom is -0.358 e. The van der Waals surface area contributed by atoms with E-state index in [2.05, 4.69) is 15.4 Å². The average Bonchev–Trinajstić information content (AvgIpc) is 2.53. The van der Waals surface area contributed by atoms with Crippen molar-refractivity contribution in [2.45, 2.75) is 6.54 Å². The highest BCUT2D eigenvalue weighted by Crippen LogP contribution is 2.04. The van der Waals surface area contributed by atoms with Crippen LogP contribution in [0.1, 0.15) is 0 Å². The number of hydrogen-bond acceptors (Lipinski definition) is 5. The van der Waals surface area contributed by atoms with Crippen LogP contribution in [0.3, 0.4) is 0 Å². The van der Waals surface area contributed by atoms with Gasteiger partial charge in [0, 0.05) is 0 Å². The molecule has 1 aromatic rings. The fraction of sp³-hybridized carbons (Fsp3) is 0.333. The second kappa shape index (κ2) is 4.33. The molecule has 8 nitrogen and oxygen atoms in total. The van der Waals surface area contributed by atoms with Crippen LogP contribution in [0.2, 0.25) is 0 Å². The minimum absolute atomic E-state index is 0.123. The lowest BCUT2D eigenvalue weighted by atomic mass is 10.6. The van der Waals surface area contributed by atoms with Gasteiger partial charge in [-0.25, -0.2) is 5.48 Å². The standard InChI is InChI=1S/C6H8N4O4/c1-14-8-6(11)4-9-3-2-5(7-9)10(12)13/h2-3H,4H2,1H3,(H,8,11). The van der Waals surface area contributed by atoms with Crippen molar-refractivity contribution < 1.29 is 14.6 Å². The molecule has 0 spiro atoms. The van der Waals surface area contributed by atoms with E-state index < -0.39 is 10.8 Å². The second-order valence-corrected chi connectivity index (χ2v) is 2.36. The first-order chi connectivity index (χ1) is 6.63. The van der Waals surface area contributed by atoms with Crippen molar-refractivity contribution in [2.24, 2.45) is 0 Å². The molecule has 0 fully saturated rings. The first-order valence-electron chi connectivity index (χ1n) is 3.63. The number of rotatable bonds is 4. The van der Waals surface area contributed by atoms with Gasteiger partial charge in [0.15, 0.2) is 0 Å². The summed E-state index contributed by atoms with van der Waals surface area (Å²) < 4.78 is 1.15. The Hall–Kier alpha value is -1.96. The van der Waals surface area contributed by atoms with Gasteiger partial charge in [0.2, 0.25) is 0 Å². The zero-order valence-corrected chi connectivity index (χ0v) is 7.34. The first kappa shape index (κ1) is 10.1. The topological polar surface area (TPSA) is 99.3 Å². The smallest absolute Gasteiger partial charge is 0.358 e. The normalized spacial score (nSPS) is 9.79. The molecule has 0 aliphatic rings. The summed E-state index contributed by atoms with van der Waals surface area (Å²) in [5.41, 5.74) is 2.06. The van der Waals surface area contributed by atoms with Crippen LogP contribution in [0, 0.1) is 10.1 Å². The van der Waals surface area contributed by atoms with Crippen molar-refractivity contribution in [1.29, 1.82) is 0 Å². The molecule has 0 aliphatic heterocycles. The number of aromatic nitrogens is 2. The molecule has 1 aromatic heterocycles. The lowest BCUT2D eigenvalue weighted by molar-refractivity contribution is -0.389. The van der Waals surface area contributed by atoms with Crippen molar-refractivity contribution in [2.75, 3.05) is 7.11 Å². The fourth-order valence-corrected chi connectivity index (χ4v) is 0.830. The molecular weight excluding hydrogens is 192 g/mol. The lowest BCUT2D eigenvalue weighted by Gasteiger charge is -1.98. The molecule has 0 saturated heterocycles. The van der Waals surface area contributed by atoms with E-state index in [1.54, 1.807) is 0 Å². The molecular formula is C6H8N4O4. The van der Waals surface area contributed by atoms with Gasteiger partial charge >= 0.3 is 5.82 Å². The van der Waals surface area contributed by atoms with Gasteiger partial charge in [-0.05, 0) is 4.92 Å². The van der Waals surface area contributed by atoms with Crippen LogP contribution in [-0.2, 0) is 16.2 Å². The van der Waals surface area contributed by atoms with E-state index in [-0.39, 0.29) is 12.4 Å². The zero-order chi connectivity index (χ0) is 10.6. The number of nitrogens with one attached hydrogen (secondary N) is 1. The van der Waals surface area contributed by atoms with Gasteiger partial charge in [0.05, 0.1) is 24.5 Å². The van der Waals surface area contributed by atoms with Gasteiger partial charge in [-0.2, -0.15) is 4.68 Å². The third-order valence-corrected chi connectivity index (χ3v) is 1.34. The fourth-order valence-electron chi connectivity index (χ4n) is 0.830. The molecule has 0 unspecified atom stereocenters. The highest BCUT2D eigenvalue weighted by Gasteiger charge is 2.12. The highest BCUT2D eigenvalue weighted by molar-refractivity contribution is 5.74. The number of nitro groups is 1. The molecule has 0 radical (unpaired) electrons. The summed E-state index contributed by atoms with van der Waals surface area (Å²) in [6.07, 6.45) is 1.34. The quantitative estimate of drug-likeness (QED) is 0.520. The second-order valence-electron chi connectivity index (χ2n) is 2.36. The van der Waals surface area contributed by atoms with Gasteiger partial charge in [-0.1, -0.05) is 0 Å². The summed E-state index contributed by atoms with van der Waals surface area (Å²) in [5, 5.41) is 13.8. The van der Waals surface area contributed by atoms with Crippen LogP contribution in [0.15, 0.2) is 12.3 Å². The molecule has 8 heteroatoms. The van der Waals surface area contributed by atoms with Crippen LogP contribution in [0.25, 0.3) is 0 Å². The highest BCUT2D eigenvalue weighted by atomic mass is 16.6. The monoisotopic (exact) mass is 200 g/mol. The Morgan fingerprint density at radius 1 is 1.86 bits per heavy atom. The van der Waals surface area contributed by atoms with Gasteiger partial charge in [0.25, 0.3) is 5.91 Å². The van der Waals surface area contributed by atoms with Crippen molar-refractivity contribution in [3.8, 4) is 0 Å². The summed E-state index contributed by atoms with van der Waals surface area (Å²) in [5.74, 6) is -0.735. The third-order valence-electron chi connectivity index (χ3n) is 1.34. The molecule has 14 heavy (non-hydrogen) atoms. The van der Waals surface area contributed by atoms with Crippen molar-refractivity contribution in [1.82, 2.24) is 15.3 Å². The molecule has 1 rings (SSSR count). The number of amides is 1. The molecule has 0 saturated carbocycles. The van der Waals surface area contributed by atoms with Crippen LogP contribution >= 0.6 is 0 Å². The van der Waals surface area contributed by atoms with E-state index in [4.69, 9.17) is 0 Å². The Morgan fingerprint density at radius 3 is 3.07 bits per heavy atom. The van der Waals surface area contributed by atoms with E-state index in [1.807, 2.05) is 0 Å². The third kappa shape index (κ3) is 2.52. The van der Waals surface area contributed by atoms with Gasteiger partial charge in [-0.15, -0.1) is 0 Å². The maximum atomic E-state index is 10.9. The van der Waals surface area contributed by atoms with Crippen molar-refractivity contribution >= 4 is 11.7 Å². The Bertz CT molecular complexity index is 347. The molecule has 0 atom stereocenters. The molecule has 0 aliphatic carbocycles. The van der Waals surface area contributed by atoms with E-state index in [0.717, 1.165) is 4.68 Å². The first-order valence-corrected chi connectivity index (χ1v) is 3.63. The average molecular weight is 200 g/mol. The van der Waals surface area contributed by atoms with Crippen LogP contribution < -0.4 is 5.48 Å². The minimum atomic E-state index is -0.634. The number of carbonyl (C=O) groups is 1. The predicted octanol–water partition coefficient (Wildman–Crippen LogP) is -0.531. The van der Waals surface area contributed by atoms with E-state index in [9.17, 15) is 14.9 Å². The Balaban J connectivity index is 2.59. The molecule has 76 valence electrons. The maximum Gasteiger partial charge on any atom is 0.389 e. The van der Waals surface area contributed by atoms with Crippen molar-refractivity contribution in [3.63, 3.8) is 0 Å². The van der Waals surface area contributed by atoms with Crippen LogP contribution in [0.4, 0.5) is 5.82 Å². The summed E-state index contributed by atoms with van der Waals surface area (Å²) in [4.78, 5) is 24.9. The van der Waals surface area contributed by atoms with Crippen molar-refractivity contribution in [3.05, 3.63) is 22.4 Å².